The molecule has 0 bridgehead atoms. The third-order valence-electron chi connectivity index (χ3n) is 4.37. The van der Waals surface area contributed by atoms with Crippen molar-refractivity contribution in [2.75, 3.05) is 26.3 Å². The molecule has 1 aliphatic rings. The monoisotopic (exact) mass is 300 g/mol. The molecule has 6 nitrogen and oxygen atoms in total. The summed E-state index contributed by atoms with van der Waals surface area (Å²) in [4.78, 5) is 26.4. The molecular formula is C15H28N2O4. The number of hydrogen-bond donors (Lipinski definition) is 2. The van der Waals surface area contributed by atoms with Gasteiger partial charge in [-0.3, -0.25) is 9.59 Å². The second-order valence-corrected chi connectivity index (χ2v) is 6.40. The van der Waals surface area contributed by atoms with Gasteiger partial charge in [-0.15, -0.1) is 0 Å². The molecule has 2 amide bonds. The molecule has 1 fully saturated rings. The van der Waals surface area contributed by atoms with Gasteiger partial charge in [-0.25, -0.2) is 0 Å². The average Bonchev–Trinajstić information content (AvgIpc) is 2.45. The number of carbonyl (C=O) groups excluding carboxylic acids is 2. The first-order valence-electron chi connectivity index (χ1n) is 7.53. The summed E-state index contributed by atoms with van der Waals surface area (Å²) in [7, 11) is 0. The van der Waals surface area contributed by atoms with E-state index in [0.717, 1.165) is 0 Å². The van der Waals surface area contributed by atoms with Crippen LogP contribution in [0.1, 0.15) is 34.6 Å². The Morgan fingerprint density at radius 1 is 1.14 bits per heavy atom. The molecule has 1 rings (SSSR count). The van der Waals surface area contributed by atoms with Crippen molar-refractivity contribution in [1.29, 1.82) is 0 Å². The van der Waals surface area contributed by atoms with Gasteiger partial charge in [-0.05, 0) is 20.8 Å². The zero-order valence-corrected chi connectivity index (χ0v) is 13.7. The van der Waals surface area contributed by atoms with Gasteiger partial charge in [0.25, 0.3) is 0 Å². The molecule has 3 unspecified atom stereocenters. The van der Waals surface area contributed by atoms with E-state index in [1.807, 2.05) is 0 Å². The lowest BCUT2D eigenvalue weighted by atomic mass is 9.91. The van der Waals surface area contributed by atoms with Crippen molar-refractivity contribution in [1.82, 2.24) is 10.2 Å². The van der Waals surface area contributed by atoms with Gasteiger partial charge < -0.3 is 20.1 Å². The van der Waals surface area contributed by atoms with Gasteiger partial charge in [0.2, 0.25) is 11.8 Å². The molecule has 0 spiro atoms. The predicted molar refractivity (Wildman–Crippen MR) is 79.6 cm³/mol. The van der Waals surface area contributed by atoms with Gasteiger partial charge in [0.05, 0.1) is 24.9 Å². The Morgan fingerprint density at radius 3 is 2.14 bits per heavy atom. The van der Waals surface area contributed by atoms with Crippen molar-refractivity contribution in [3.63, 3.8) is 0 Å². The third-order valence-corrected chi connectivity index (χ3v) is 4.37. The number of aliphatic hydroxyl groups excluding tert-OH is 1. The minimum Gasteiger partial charge on any atom is -0.391 e. The highest BCUT2D eigenvalue weighted by atomic mass is 16.5. The molecule has 0 saturated carbocycles. The first-order valence-corrected chi connectivity index (χ1v) is 7.53. The van der Waals surface area contributed by atoms with Crippen LogP contribution in [0.2, 0.25) is 0 Å². The Hall–Kier alpha value is -1.14. The SMILES string of the molecule is CC(C(=O)NC(C)(C)C(C)O)C(C)C(=O)N1CCOCC1. The molecular weight excluding hydrogens is 272 g/mol. The average molecular weight is 300 g/mol. The first-order chi connectivity index (χ1) is 9.66. The standard InChI is InChI=1S/C15H28N2O4/c1-10(13(19)16-15(4,5)12(3)18)11(2)14(20)17-6-8-21-9-7-17/h10-12,18H,6-9H2,1-5H3,(H,16,19). The quantitative estimate of drug-likeness (QED) is 0.770. The van der Waals surface area contributed by atoms with Crippen molar-refractivity contribution in [3.8, 4) is 0 Å². The Bertz CT molecular complexity index is 376. The Balaban J connectivity index is 2.62. The fourth-order valence-corrected chi connectivity index (χ4v) is 2.05. The van der Waals surface area contributed by atoms with E-state index in [-0.39, 0.29) is 11.8 Å². The van der Waals surface area contributed by atoms with Crippen LogP contribution < -0.4 is 5.32 Å². The maximum atomic E-state index is 12.4. The van der Waals surface area contributed by atoms with Crippen molar-refractivity contribution in [2.45, 2.75) is 46.3 Å². The molecule has 1 heterocycles. The van der Waals surface area contributed by atoms with Crippen LogP contribution in [0.3, 0.4) is 0 Å². The Morgan fingerprint density at radius 2 is 1.67 bits per heavy atom. The molecule has 21 heavy (non-hydrogen) atoms. The lowest BCUT2D eigenvalue weighted by Gasteiger charge is -2.33. The number of ether oxygens (including phenoxy) is 1. The van der Waals surface area contributed by atoms with Gasteiger partial charge in [0, 0.05) is 24.9 Å². The number of nitrogens with one attached hydrogen (secondary N) is 1. The molecule has 2 N–H and O–H groups in total. The summed E-state index contributed by atoms with van der Waals surface area (Å²) >= 11 is 0. The van der Waals surface area contributed by atoms with E-state index in [2.05, 4.69) is 5.32 Å². The van der Waals surface area contributed by atoms with E-state index < -0.39 is 23.5 Å². The second-order valence-electron chi connectivity index (χ2n) is 6.40. The van der Waals surface area contributed by atoms with Crippen LogP contribution in [0, 0.1) is 11.8 Å². The van der Waals surface area contributed by atoms with E-state index in [0.29, 0.717) is 26.3 Å². The van der Waals surface area contributed by atoms with Gasteiger partial charge in [0.15, 0.2) is 0 Å². The van der Waals surface area contributed by atoms with Gasteiger partial charge in [0.1, 0.15) is 0 Å². The normalized spacial score (nSPS) is 20.6. The molecule has 0 aliphatic carbocycles. The molecule has 3 atom stereocenters. The molecule has 0 aromatic carbocycles. The van der Waals surface area contributed by atoms with Crippen LogP contribution in [-0.2, 0) is 14.3 Å². The number of nitrogens with zero attached hydrogens (tertiary/aromatic N) is 1. The van der Waals surface area contributed by atoms with Gasteiger partial charge in [-0.2, -0.15) is 0 Å². The molecule has 0 aromatic rings. The third kappa shape index (κ3) is 4.68. The van der Waals surface area contributed by atoms with E-state index in [9.17, 15) is 14.7 Å². The summed E-state index contributed by atoms with van der Waals surface area (Å²) in [6.07, 6.45) is -0.668. The second kappa shape index (κ2) is 7.22. The lowest BCUT2D eigenvalue weighted by molar-refractivity contribution is -0.144. The van der Waals surface area contributed by atoms with E-state index in [4.69, 9.17) is 4.74 Å². The number of aliphatic hydroxyl groups is 1. The van der Waals surface area contributed by atoms with Gasteiger partial charge in [-0.1, -0.05) is 13.8 Å². The summed E-state index contributed by atoms with van der Waals surface area (Å²) in [6.45, 7) is 10.9. The molecule has 0 aromatic heterocycles. The van der Waals surface area contributed by atoms with Crippen molar-refractivity contribution < 1.29 is 19.4 Å². The zero-order valence-electron chi connectivity index (χ0n) is 13.7. The summed E-state index contributed by atoms with van der Waals surface area (Å²) in [6, 6.07) is 0. The van der Waals surface area contributed by atoms with Gasteiger partial charge >= 0.3 is 0 Å². The number of morpholine rings is 1. The number of rotatable bonds is 5. The molecule has 122 valence electrons. The van der Waals surface area contributed by atoms with Crippen LogP contribution >= 0.6 is 0 Å². The number of carbonyl (C=O) groups is 2. The molecule has 0 radical (unpaired) electrons. The van der Waals surface area contributed by atoms with Crippen LogP contribution in [0.4, 0.5) is 0 Å². The van der Waals surface area contributed by atoms with E-state index >= 15 is 0 Å². The van der Waals surface area contributed by atoms with Crippen LogP contribution in [0.15, 0.2) is 0 Å². The van der Waals surface area contributed by atoms with Crippen molar-refractivity contribution >= 4 is 11.8 Å². The minimum atomic E-state index is -0.715. The summed E-state index contributed by atoms with van der Waals surface area (Å²) < 4.78 is 5.23. The predicted octanol–water partition coefficient (Wildman–Crippen LogP) is 0.393. The summed E-state index contributed by atoms with van der Waals surface area (Å²) in [5, 5.41) is 12.5. The highest BCUT2D eigenvalue weighted by Crippen LogP contribution is 2.18. The smallest absolute Gasteiger partial charge is 0.226 e. The van der Waals surface area contributed by atoms with Crippen LogP contribution in [0.5, 0.6) is 0 Å². The van der Waals surface area contributed by atoms with Crippen LogP contribution in [0.25, 0.3) is 0 Å². The maximum absolute atomic E-state index is 12.4. The summed E-state index contributed by atoms with van der Waals surface area (Å²) in [5.41, 5.74) is -0.715. The Kier molecular flexibility index (Phi) is 6.16. The first kappa shape index (κ1) is 17.9. The summed E-state index contributed by atoms with van der Waals surface area (Å²) in [5.74, 6) is -1.07. The highest BCUT2D eigenvalue weighted by Gasteiger charge is 2.34. The Labute approximate surface area is 126 Å². The molecule has 1 saturated heterocycles. The number of amides is 2. The van der Waals surface area contributed by atoms with Crippen molar-refractivity contribution in [2.24, 2.45) is 11.8 Å². The molecule has 1 aliphatic heterocycles. The fourth-order valence-electron chi connectivity index (χ4n) is 2.05. The lowest BCUT2D eigenvalue weighted by Crippen LogP contribution is -2.54. The van der Waals surface area contributed by atoms with Crippen LogP contribution in [-0.4, -0.2) is 59.8 Å². The van der Waals surface area contributed by atoms with E-state index in [1.54, 1.807) is 39.5 Å². The van der Waals surface area contributed by atoms with E-state index in [1.165, 1.54) is 0 Å². The maximum Gasteiger partial charge on any atom is 0.226 e. The minimum absolute atomic E-state index is 0.0178. The molecule has 6 heteroatoms. The highest BCUT2D eigenvalue weighted by molar-refractivity contribution is 5.87. The largest absolute Gasteiger partial charge is 0.391 e. The topological polar surface area (TPSA) is 78.9 Å². The van der Waals surface area contributed by atoms with Crippen molar-refractivity contribution in [3.05, 3.63) is 0 Å². The number of hydrogen-bond acceptors (Lipinski definition) is 4. The fraction of sp³-hybridized carbons (Fsp3) is 0.867. The zero-order chi connectivity index (χ0) is 16.2.